The normalized spacial score (nSPS) is 20.7. The largest absolute Gasteiger partial charge is 0.314 e. The van der Waals surface area contributed by atoms with Gasteiger partial charge in [-0.3, -0.25) is 4.90 Å². The lowest BCUT2D eigenvalue weighted by molar-refractivity contribution is 0.153. The molecule has 2 fully saturated rings. The fourth-order valence-electron chi connectivity index (χ4n) is 3.01. The first-order chi connectivity index (χ1) is 8.75. The molecule has 0 radical (unpaired) electrons. The van der Waals surface area contributed by atoms with E-state index >= 15 is 0 Å². The number of aryl methyl sites for hydroxylation is 1. The van der Waals surface area contributed by atoms with Gasteiger partial charge in [0.1, 0.15) is 5.82 Å². The van der Waals surface area contributed by atoms with Gasteiger partial charge in [-0.2, -0.15) is 0 Å². The van der Waals surface area contributed by atoms with Crippen molar-refractivity contribution in [3.05, 3.63) is 35.1 Å². The topological polar surface area (TPSA) is 15.3 Å². The summed E-state index contributed by atoms with van der Waals surface area (Å²) in [5, 5.41) is 3.37. The summed E-state index contributed by atoms with van der Waals surface area (Å²) < 4.78 is 14.1. The summed E-state index contributed by atoms with van der Waals surface area (Å²) in [6.45, 7) is 6.17. The summed E-state index contributed by atoms with van der Waals surface area (Å²) in [6.07, 6.45) is 2.50. The number of piperazine rings is 1. The molecule has 2 nitrogen and oxygen atoms in total. The van der Waals surface area contributed by atoms with Crippen LogP contribution in [0.5, 0.6) is 0 Å². The Bertz CT molecular complexity index is 432. The van der Waals surface area contributed by atoms with Crippen LogP contribution in [-0.2, 0) is 0 Å². The number of hydrogen-bond acceptors (Lipinski definition) is 2. The molecule has 0 unspecified atom stereocenters. The molecule has 1 heterocycles. The molecule has 5 heteroatoms. The van der Waals surface area contributed by atoms with Gasteiger partial charge in [0, 0.05) is 37.8 Å². The van der Waals surface area contributed by atoms with Gasteiger partial charge in [-0.05, 0) is 31.7 Å². The maximum Gasteiger partial charge on any atom is 0.128 e. The molecule has 1 aliphatic heterocycles. The van der Waals surface area contributed by atoms with Crippen molar-refractivity contribution < 1.29 is 4.39 Å². The van der Waals surface area contributed by atoms with Crippen molar-refractivity contribution in [2.24, 2.45) is 5.92 Å². The molecule has 0 amide bonds. The van der Waals surface area contributed by atoms with Gasteiger partial charge < -0.3 is 5.32 Å². The van der Waals surface area contributed by atoms with Crippen LogP contribution in [0.25, 0.3) is 0 Å². The average Bonchev–Trinajstić information content (AvgIpc) is 3.20. The number of rotatable bonds is 3. The zero-order chi connectivity index (χ0) is 12.5. The Hall–Kier alpha value is -0.350. The maximum absolute atomic E-state index is 14.1. The fraction of sp³-hybridized carbons (Fsp3) is 0.600. The van der Waals surface area contributed by atoms with Gasteiger partial charge in [0.2, 0.25) is 0 Å². The monoisotopic (exact) mass is 320 g/mol. The number of nitrogens with zero attached hydrogens (tertiary/aromatic N) is 1. The quantitative estimate of drug-likeness (QED) is 0.919. The second-order valence-electron chi connectivity index (χ2n) is 5.59. The van der Waals surface area contributed by atoms with Crippen LogP contribution in [0.2, 0.25) is 0 Å². The highest BCUT2D eigenvalue weighted by Gasteiger charge is 2.37. The molecule has 1 aromatic rings. The van der Waals surface area contributed by atoms with E-state index in [4.69, 9.17) is 0 Å². The zero-order valence-electron chi connectivity index (χ0n) is 11.8. The highest BCUT2D eigenvalue weighted by atomic mass is 35.5. The molecule has 0 bridgehead atoms. The molecule has 114 valence electrons. The smallest absolute Gasteiger partial charge is 0.128 e. The van der Waals surface area contributed by atoms with Gasteiger partial charge in [-0.25, -0.2) is 4.39 Å². The van der Waals surface area contributed by atoms with E-state index in [-0.39, 0.29) is 30.6 Å². The average molecular weight is 321 g/mol. The van der Waals surface area contributed by atoms with Crippen molar-refractivity contribution in [2.75, 3.05) is 26.2 Å². The molecule has 2 aliphatic rings. The van der Waals surface area contributed by atoms with Crippen LogP contribution in [0.15, 0.2) is 18.2 Å². The Morgan fingerprint density at radius 2 is 1.85 bits per heavy atom. The van der Waals surface area contributed by atoms with Crippen molar-refractivity contribution >= 4 is 24.8 Å². The third kappa shape index (κ3) is 3.85. The zero-order valence-corrected chi connectivity index (χ0v) is 13.4. The first-order valence-corrected chi connectivity index (χ1v) is 6.96. The van der Waals surface area contributed by atoms with Gasteiger partial charge in [-0.1, -0.05) is 17.7 Å². The van der Waals surface area contributed by atoms with Crippen LogP contribution < -0.4 is 5.32 Å². The van der Waals surface area contributed by atoms with Gasteiger partial charge in [0.05, 0.1) is 0 Å². The van der Waals surface area contributed by atoms with E-state index in [1.54, 1.807) is 6.07 Å². The minimum absolute atomic E-state index is 0. The molecule has 1 aliphatic carbocycles. The molecule has 3 rings (SSSR count). The van der Waals surface area contributed by atoms with Gasteiger partial charge in [0.15, 0.2) is 0 Å². The number of nitrogens with one attached hydrogen (secondary N) is 1. The van der Waals surface area contributed by atoms with Crippen molar-refractivity contribution in [3.8, 4) is 0 Å². The maximum atomic E-state index is 14.1. The van der Waals surface area contributed by atoms with Gasteiger partial charge in [-0.15, -0.1) is 24.8 Å². The molecule has 1 saturated carbocycles. The Balaban J connectivity index is 0.000001000. The summed E-state index contributed by atoms with van der Waals surface area (Å²) in [5.41, 5.74) is 2.08. The van der Waals surface area contributed by atoms with Crippen molar-refractivity contribution in [3.63, 3.8) is 0 Å². The molecule has 1 N–H and O–H groups in total. The van der Waals surface area contributed by atoms with Crippen LogP contribution in [0, 0.1) is 18.7 Å². The van der Waals surface area contributed by atoms with E-state index in [0.717, 1.165) is 37.3 Å². The van der Waals surface area contributed by atoms with Crippen molar-refractivity contribution in [1.29, 1.82) is 0 Å². The summed E-state index contributed by atoms with van der Waals surface area (Å²) in [4.78, 5) is 2.46. The molecule has 1 saturated heterocycles. The Morgan fingerprint density at radius 3 is 2.45 bits per heavy atom. The lowest BCUT2D eigenvalue weighted by atomic mass is 9.97. The molecule has 0 aromatic heterocycles. The van der Waals surface area contributed by atoms with E-state index in [0.29, 0.717) is 12.0 Å². The summed E-state index contributed by atoms with van der Waals surface area (Å²) in [7, 11) is 0. The standard InChI is InChI=1S/C15H21FN2.2ClH/c1-11-2-5-14(16)13(10-11)15(12-3-4-12)18-8-6-17-7-9-18;;/h2,5,10,12,15,17H,3-4,6-9H2,1H3;2*1H/t15-;;/m0../s1. The predicted molar refractivity (Wildman–Crippen MR) is 85.5 cm³/mol. The highest BCUT2D eigenvalue weighted by molar-refractivity contribution is 5.85. The van der Waals surface area contributed by atoms with E-state index in [9.17, 15) is 4.39 Å². The van der Waals surface area contributed by atoms with Crippen LogP contribution in [0.4, 0.5) is 4.39 Å². The van der Waals surface area contributed by atoms with E-state index < -0.39 is 0 Å². The number of halogens is 3. The third-order valence-electron chi connectivity index (χ3n) is 4.08. The first kappa shape index (κ1) is 17.7. The summed E-state index contributed by atoms with van der Waals surface area (Å²) >= 11 is 0. The van der Waals surface area contributed by atoms with Gasteiger partial charge >= 0.3 is 0 Å². The highest BCUT2D eigenvalue weighted by Crippen LogP contribution is 2.45. The van der Waals surface area contributed by atoms with Crippen LogP contribution in [0.3, 0.4) is 0 Å². The minimum Gasteiger partial charge on any atom is -0.314 e. The second kappa shape index (κ2) is 7.60. The number of benzene rings is 1. The Kier molecular flexibility index (Phi) is 6.73. The van der Waals surface area contributed by atoms with Crippen molar-refractivity contribution in [2.45, 2.75) is 25.8 Å². The summed E-state index contributed by atoms with van der Waals surface area (Å²) in [6, 6.07) is 5.83. The third-order valence-corrected chi connectivity index (χ3v) is 4.08. The van der Waals surface area contributed by atoms with E-state index in [2.05, 4.69) is 10.2 Å². The van der Waals surface area contributed by atoms with E-state index in [1.165, 1.54) is 12.8 Å². The summed E-state index contributed by atoms with van der Waals surface area (Å²) in [5.74, 6) is 0.635. The fourth-order valence-corrected chi connectivity index (χ4v) is 3.01. The minimum atomic E-state index is -0.0315. The first-order valence-electron chi connectivity index (χ1n) is 6.96. The lowest BCUT2D eigenvalue weighted by Gasteiger charge is -2.35. The van der Waals surface area contributed by atoms with E-state index in [1.807, 2.05) is 19.1 Å². The van der Waals surface area contributed by atoms with Crippen molar-refractivity contribution in [1.82, 2.24) is 10.2 Å². The molecule has 20 heavy (non-hydrogen) atoms. The van der Waals surface area contributed by atoms with Crippen LogP contribution in [0.1, 0.15) is 30.0 Å². The molecular formula is C15H23Cl2FN2. The second-order valence-corrected chi connectivity index (χ2v) is 5.59. The number of hydrogen-bond donors (Lipinski definition) is 1. The predicted octanol–water partition coefficient (Wildman–Crippen LogP) is 3.33. The molecular weight excluding hydrogens is 298 g/mol. The van der Waals surface area contributed by atoms with Crippen LogP contribution >= 0.6 is 24.8 Å². The molecule has 1 aromatic carbocycles. The SMILES string of the molecule is Cc1ccc(F)c([C@H](C2CC2)N2CCNCC2)c1.Cl.Cl. The molecule has 0 spiro atoms. The Labute approximate surface area is 132 Å². The molecule has 1 atom stereocenters. The lowest BCUT2D eigenvalue weighted by Crippen LogP contribution is -2.45. The van der Waals surface area contributed by atoms with Crippen LogP contribution in [-0.4, -0.2) is 31.1 Å². The Morgan fingerprint density at radius 1 is 1.20 bits per heavy atom. The van der Waals surface area contributed by atoms with Gasteiger partial charge in [0.25, 0.3) is 0 Å².